The monoisotopic (exact) mass is 267 g/mol. The lowest BCUT2D eigenvalue weighted by Crippen LogP contribution is -2.56. The Bertz CT molecular complexity index is 294. The van der Waals surface area contributed by atoms with Gasteiger partial charge < -0.3 is 15.5 Å². The molecule has 0 aromatic carbocycles. The van der Waals surface area contributed by atoms with Crippen molar-refractivity contribution in [1.82, 2.24) is 15.5 Å². The molecule has 2 fully saturated rings. The molecule has 19 heavy (non-hydrogen) atoms. The highest BCUT2D eigenvalue weighted by Gasteiger charge is 2.39. The molecule has 0 radical (unpaired) electrons. The molecular formula is C15H29N3O. The first-order chi connectivity index (χ1) is 9.16. The first-order valence-electron chi connectivity index (χ1n) is 7.94. The Hall–Kier alpha value is -0.610. The topological polar surface area (TPSA) is 44.4 Å². The van der Waals surface area contributed by atoms with E-state index < -0.39 is 0 Å². The molecule has 0 aromatic rings. The van der Waals surface area contributed by atoms with Crippen LogP contribution in [0.5, 0.6) is 0 Å². The zero-order valence-electron chi connectivity index (χ0n) is 12.5. The molecule has 2 aliphatic rings. The van der Waals surface area contributed by atoms with Gasteiger partial charge in [0.15, 0.2) is 0 Å². The van der Waals surface area contributed by atoms with Crippen molar-refractivity contribution in [3.8, 4) is 0 Å². The number of hydrogen-bond acceptors (Lipinski definition) is 3. The minimum atomic E-state index is -0.295. The molecule has 0 saturated carbocycles. The Labute approximate surface area is 117 Å². The molecule has 0 aliphatic carbocycles. The number of nitrogens with one attached hydrogen (secondary N) is 2. The van der Waals surface area contributed by atoms with Gasteiger partial charge in [-0.05, 0) is 58.7 Å². The summed E-state index contributed by atoms with van der Waals surface area (Å²) in [6.45, 7) is 8.58. The Morgan fingerprint density at radius 3 is 2.63 bits per heavy atom. The van der Waals surface area contributed by atoms with Gasteiger partial charge in [-0.25, -0.2) is 0 Å². The number of hydrogen-bond donors (Lipinski definition) is 2. The van der Waals surface area contributed by atoms with Crippen molar-refractivity contribution in [2.75, 3.05) is 26.2 Å². The van der Waals surface area contributed by atoms with Crippen LogP contribution >= 0.6 is 0 Å². The molecule has 0 aromatic heterocycles. The Kier molecular flexibility index (Phi) is 5.22. The van der Waals surface area contributed by atoms with E-state index in [1.807, 2.05) is 0 Å². The van der Waals surface area contributed by atoms with Crippen LogP contribution in [0.15, 0.2) is 0 Å². The van der Waals surface area contributed by atoms with Crippen molar-refractivity contribution >= 4 is 5.91 Å². The van der Waals surface area contributed by atoms with Gasteiger partial charge >= 0.3 is 0 Å². The van der Waals surface area contributed by atoms with E-state index in [1.165, 1.54) is 32.4 Å². The summed E-state index contributed by atoms with van der Waals surface area (Å²) < 4.78 is 0. The van der Waals surface area contributed by atoms with E-state index in [-0.39, 0.29) is 17.5 Å². The van der Waals surface area contributed by atoms with Gasteiger partial charge in [-0.2, -0.15) is 0 Å². The number of amides is 1. The quantitative estimate of drug-likeness (QED) is 0.793. The summed E-state index contributed by atoms with van der Waals surface area (Å²) in [5.74, 6) is 0.206. The molecule has 2 N–H and O–H groups in total. The van der Waals surface area contributed by atoms with Crippen molar-refractivity contribution in [2.24, 2.45) is 0 Å². The van der Waals surface area contributed by atoms with Gasteiger partial charge in [0.05, 0.1) is 5.54 Å². The Morgan fingerprint density at radius 2 is 2.05 bits per heavy atom. The highest BCUT2D eigenvalue weighted by molar-refractivity contribution is 5.86. The first kappa shape index (κ1) is 14.8. The first-order valence-corrected chi connectivity index (χ1v) is 7.94. The summed E-state index contributed by atoms with van der Waals surface area (Å²) >= 11 is 0. The van der Waals surface area contributed by atoms with Crippen LogP contribution in [0.25, 0.3) is 0 Å². The van der Waals surface area contributed by atoms with Crippen molar-refractivity contribution in [1.29, 1.82) is 0 Å². The summed E-state index contributed by atoms with van der Waals surface area (Å²) in [4.78, 5) is 14.9. The van der Waals surface area contributed by atoms with Crippen LogP contribution in [0.3, 0.4) is 0 Å². The molecule has 4 heteroatoms. The maximum atomic E-state index is 12.5. The zero-order valence-corrected chi connectivity index (χ0v) is 12.5. The predicted molar refractivity (Wildman–Crippen MR) is 78.2 cm³/mol. The van der Waals surface area contributed by atoms with Crippen molar-refractivity contribution in [2.45, 2.75) is 64.0 Å². The van der Waals surface area contributed by atoms with E-state index in [9.17, 15) is 4.79 Å². The molecular weight excluding hydrogens is 238 g/mol. The highest BCUT2D eigenvalue weighted by Crippen LogP contribution is 2.23. The lowest BCUT2D eigenvalue weighted by Gasteiger charge is -2.32. The molecule has 2 atom stereocenters. The molecule has 2 saturated heterocycles. The largest absolute Gasteiger partial charge is 0.351 e. The molecule has 2 heterocycles. The van der Waals surface area contributed by atoms with E-state index in [0.29, 0.717) is 0 Å². The third-order valence-corrected chi connectivity index (χ3v) is 4.64. The van der Waals surface area contributed by atoms with E-state index >= 15 is 0 Å². The molecule has 2 aliphatic heterocycles. The number of carbonyl (C=O) groups excluding carboxylic acids is 1. The van der Waals surface area contributed by atoms with Gasteiger partial charge in [-0.3, -0.25) is 4.79 Å². The van der Waals surface area contributed by atoms with E-state index in [0.717, 1.165) is 32.4 Å². The van der Waals surface area contributed by atoms with Gasteiger partial charge in [0.25, 0.3) is 0 Å². The summed E-state index contributed by atoms with van der Waals surface area (Å²) in [5.41, 5.74) is -0.295. The average Bonchev–Trinajstić information content (AvgIpc) is 2.89. The second-order valence-corrected chi connectivity index (χ2v) is 6.20. The lowest BCUT2D eigenvalue weighted by atomic mass is 9.93. The van der Waals surface area contributed by atoms with E-state index in [2.05, 4.69) is 29.4 Å². The molecule has 2 rings (SSSR count). The van der Waals surface area contributed by atoms with Gasteiger partial charge in [0.1, 0.15) is 0 Å². The second-order valence-electron chi connectivity index (χ2n) is 6.20. The summed E-state index contributed by atoms with van der Waals surface area (Å²) in [6.07, 6.45) is 6.95. The Balaban J connectivity index is 1.80. The van der Waals surface area contributed by atoms with Crippen LogP contribution < -0.4 is 10.6 Å². The van der Waals surface area contributed by atoms with E-state index in [4.69, 9.17) is 0 Å². The highest BCUT2D eigenvalue weighted by atomic mass is 16.2. The third kappa shape index (κ3) is 3.69. The van der Waals surface area contributed by atoms with Crippen LogP contribution in [-0.4, -0.2) is 48.6 Å². The predicted octanol–water partition coefficient (Wildman–Crippen LogP) is 1.51. The summed E-state index contributed by atoms with van der Waals surface area (Å²) in [7, 11) is 0. The fourth-order valence-corrected chi connectivity index (χ4v) is 3.40. The second kappa shape index (κ2) is 6.71. The lowest BCUT2D eigenvalue weighted by molar-refractivity contribution is -0.128. The molecule has 0 bridgehead atoms. The fraction of sp³-hybridized carbons (Fsp3) is 0.933. The van der Waals surface area contributed by atoms with Crippen molar-refractivity contribution in [3.05, 3.63) is 0 Å². The summed E-state index contributed by atoms with van der Waals surface area (Å²) in [5, 5.41) is 6.62. The maximum absolute atomic E-state index is 12.5. The maximum Gasteiger partial charge on any atom is 0.240 e. The molecule has 110 valence electrons. The fourth-order valence-electron chi connectivity index (χ4n) is 3.40. The zero-order chi connectivity index (χ0) is 13.7. The molecule has 0 spiro atoms. The summed E-state index contributed by atoms with van der Waals surface area (Å²) in [6, 6.07) is 0.247. The molecule has 2 unspecified atom stereocenters. The van der Waals surface area contributed by atoms with Crippen molar-refractivity contribution < 1.29 is 4.79 Å². The van der Waals surface area contributed by atoms with Gasteiger partial charge in [0, 0.05) is 12.6 Å². The van der Waals surface area contributed by atoms with Gasteiger partial charge in [0.2, 0.25) is 5.91 Å². The van der Waals surface area contributed by atoms with E-state index in [1.54, 1.807) is 0 Å². The van der Waals surface area contributed by atoms with Crippen LogP contribution in [0, 0.1) is 0 Å². The van der Waals surface area contributed by atoms with Crippen LogP contribution in [0.1, 0.15) is 52.4 Å². The third-order valence-electron chi connectivity index (χ3n) is 4.64. The standard InChI is InChI=1S/C15H29N3O/c1-3-15(8-7-9-16-15)14(19)17-13(2)12-18-10-5-4-6-11-18/h13,16H,3-12H2,1-2H3,(H,17,19). The minimum absolute atomic E-state index is 0.206. The molecule has 4 nitrogen and oxygen atoms in total. The number of carbonyl (C=O) groups is 1. The number of piperidine rings is 1. The van der Waals surface area contributed by atoms with Gasteiger partial charge in [-0.15, -0.1) is 0 Å². The van der Waals surface area contributed by atoms with Crippen LogP contribution in [0.4, 0.5) is 0 Å². The smallest absolute Gasteiger partial charge is 0.240 e. The molecule has 1 amide bonds. The number of rotatable bonds is 5. The van der Waals surface area contributed by atoms with Crippen molar-refractivity contribution in [3.63, 3.8) is 0 Å². The SMILES string of the molecule is CCC1(C(=O)NC(C)CN2CCCCC2)CCCN1. The Morgan fingerprint density at radius 1 is 1.32 bits per heavy atom. The number of nitrogens with zero attached hydrogens (tertiary/aromatic N) is 1. The minimum Gasteiger partial charge on any atom is -0.351 e. The average molecular weight is 267 g/mol. The number of likely N-dealkylation sites (tertiary alicyclic amines) is 1. The van der Waals surface area contributed by atoms with Gasteiger partial charge in [-0.1, -0.05) is 13.3 Å². The normalized spacial score (nSPS) is 30.2. The van der Waals surface area contributed by atoms with Crippen LogP contribution in [0.2, 0.25) is 0 Å². The van der Waals surface area contributed by atoms with Crippen LogP contribution in [-0.2, 0) is 4.79 Å².